The van der Waals surface area contributed by atoms with Crippen LogP contribution in [-0.2, 0) is 4.79 Å². The minimum Gasteiger partial charge on any atom is -0.274 e. The highest BCUT2D eigenvalue weighted by atomic mass is 79.9. The van der Waals surface area contributed by atoms with Gasteiger partial charge in [-0.2, -0.15) is 0 Å². The summed E-state index contributed by atoms with van der Waals surface area (Å²) < 4.78 is 0.834. The van der Waals surface area contributed by atoms with Gasteiger partial charge in [0.15, 0.2) is 5.82 Å². The summed E-state index contributed by atoms with van der Waals surface area (Å²) in [6, 6.07) is 13.5. The Kier molecular flexibility index (Phi) is 4.34. The second-order valence-corrected chi connectivity index (χ2v) is 6.15. The van der Waals surface area contributed by atoms with E-state index in [-0.39, 0.29) is 11.8 Å². The smallest absolute Gasteiger partial charge is 0.235 e. The highest BCUT2D eigenvalue weighted by molar-refractivity contribution is 9.10. The lowest BCUT2D eigenvalue weighted by Crippen LogP contribution is -2.32. The second kappa shape index (κ2) is 6.39. The van der Waals surface area contributed by atoms with Crippen LogP contribution in [0.4, 0.5) is 11.5 Å². The molecule has 1 aromatic heterocycles. The van der Waals surface area contributed by atoms with E-state index in [0.29, 0.717) is 5.82 Å². The van der Waals surface area contributed by atoms with Crippen LogP contribution in [0.2, 0.25) is 0 Å². The maximum Gasteiger partial charge on any atom is 0.235 e. The van der Waals surface area contributed by atoms with Gasteiger partial charge in [0.25, 0.3) is 0 Å². The van der Waals surface area contributed by atoms with Gasteiger partial charge in [-0.1, -0.05) is 31.0 Å². The number of amides is 1. The molecule has 0 unspecified atom stereocenters. The Morgan fingerprint density at radius 2 is 1.81 bits per heavy atom. The van der Waals surface area contributed by atoms with Crippen LogP contribution in [0.25, 0.3) is 0 Å². The first-order valence-corrected chi connectivity index (χ1v) is 8.06. The maximum absolute atomic E-state index is 13.0. The van der Waals surface area contributed by atoms with Crippen molar-refractivity contribution in [3.8, 4) is 0 Å². The maximum atomic E-state index is 13.0. The number of pyridine rings is 1. The highest BCUT2D eigenvalue weighted by Gasteiger charge is 2.30. The van der Waals surface area contributed by atoms with Crippen molar-refractivity contribution >= 4 is 33.3 Å². The third kappa shape index (κ3) is 3.00. The molecule has 1 heterocycles. The topological polar surface area (TPSA) is 33.2 Å². The van der Waals surface area contributed by atoms with Crippen LogP contribution in [0, 0.1) is 5.92 Å². The van der Waals surface area contributed by atoms with Gasteiger partial charge >= 0.3 is 0 Å². The van der Waals surface area contributed by atoms with Crippen LogP contribution in [0.5, 0.6) is 0 Å². The number of hydrogen-bond donors (Lipinski definition) is 0. The summed E-state index contributed by atoms with van der Waals surface area (Å²) in [6.07, 6.45) is 5.96. The molecule has 2 aromatic rings. The molecule has 1 saturated carbocycles. The number of carbonyl (C=O) groups excluding carboxylic acids is 1. The minimum atomic E-state index is 0.110. The molecule has 0 saturated heterocycles. The molecule has 1 amide bonds. The normalized spacial score (nSPS) is 15.1. The first-order chi connectivity index (χ1) is 10.3. The Hall–Kier alpha value is -1.68. The van der Waals surface area contributed by atoms with E-state index in [2.05, 4.69) is 20.9 Å². The summed E-state index contributed by atoms with van der Waals surface area (Å²) in [5.41, 5.74) is 0.869. The molecule has 0 spiro atoms. The number of anilines is 2. The van der Waals surface area contributed by atoms with E-state index in [1.165, 1.54) is 0 Å². The summed E-state index contributed by atoms with van der Waals surface area (Å²) in [5, 5.41) is 0. The van der Waals surface area contributed by atoms with Crippen molar-refractivity contribution in [2.24, 2.45) is 5.92 Å². The molecule has 1 aliphatic carbocycles. The number of para-hydroxylation sites is 1. The third-order valence-corrected chi connectivity index (χ3v) is 4.51. The fraction of sp³-hybridized carbons (Fsp3) is 0.294. The first-order valence-electron chi connectivity index (χ1n) is 7.27. The van der Waals surface area contributed by atoms with Gasteiger partial charge in [0, 0.05) is 12.1 Å². The quantitative estimate of drug-likeness (QED) is 0.808. The van der Waals surface area contributed by atoms with Gasteiger partial charge < -0.3 is 0 Å². The largest absolute Gasteiger partial charge is 0.274 e. The zero-order valence-electron chi connectivity index (χ0n) is 11.7. The lowest BCUT2D eigenvalue weighted by molar-refractivity contribution is -0.121. The van der Waals surface area contributed by atoms with Crippen molar-refractivity contribution in [2.75, 3.05) is 4.90 Å². The zero-order chi connectivity index (χ0) is 14.7. The fourth-order valence-electron chi connectivity index (χ4n) is 2.83. The molecular formula is C17H17BrN2O. The van der Waals surface area contributed by atoms with Crippen molar-refractivity contribution in [3.05, 3.63) is 53.1 Å². The number of benzene rings is 1. The molecule has 21 heavy (non-hydrogen) atoms. The summed E-state index contributed by atoms with van der Waals surface area (Å²) in [7, 11) is 0. The fourth-order valence-corrected chi connectivity index (χ4v) is 3.26. The predicted molar refractivity (Wildman–Crippen MR) is 87.5 cm³/mol. The number of aromatic nitrogens is 1. The standard InChI is InChI=1S/C17H17BrN2O/c18-15-11-6-12-19-16(15)20(14-9-2-1-3-10-14)17(21)13-7-4-5-8-13/h1-3,6,9-13H,4-5,7-8H2. The summed E-state index contributed by atoms with van der Waals surface area (Å²) in [4.78, 5) is 19.1. The van der Waals surface area contributed by atoms with Gasteiger partial charge in [-0.15, -0.1) is 0 Å². The van der Waals surface area contributed by atoms with E-state index in [4.69, 9.17) is 0 Å². The summed E-state index contributed by atoms with van der Waals surface area (Å²) >= 11 is 3.51. The van der Waals surface area contributed by atoms with E-state index in [1.54, 1.807) is 11.1 Å². The van der Waals surface area contributed by atoms with E-state index >= 15 is 0 Å². The van der Waals surface area contributed by atoms with Crippen LogP contribution < -0.4 is 4.90 Å². The Morgan fingerprint density at radius 1 is 1.10 bits per heavy atom. The minimum absolute atomic E-state index is 0.110. The van der Waals surface area contributed by atoms with Crippen LogP contribution in [0.1, 0.15) is 25.7 Å². The van der Waals surface area contributed by atoms with Crippen LogP contribution in [0.15, 0.2) is 53.1 Å². The molecule has 0 aliphatic heterocycles. The summed E-state index contributed by atoms with van der Waals surface area (Å²) in [6.45, 7) is 0. The highest BCUT2D eigenvalue weighted by Crippen LogP contribution is 2.35. The number of rotatable bonds is 3. The Morgan fingerprint density at radius 3 is 2.48 bits per heavy atom. The number of hydrogen-bond acceptors (Lipinski definition) is 2. The Bertz CT molecular complexity index is 624. The molecule has 0 atom stereocenters. The van der Waals surface area contributed by atoms with Gasteiger partial charge in [-0.25, -0.2) is 4.98 Å². The number of carbonyl (C=O) groups is 1. The Balaban J connectivity index is 2.03. The van der Waals surface area contributed by atoms with Crippen molar-refractivity contribution in [2.45, 2.75) is 25.7 Å². The number of nitrogens with zero attached hydrogens (tertiary/aromatic N) is 2. The molecule has 4 heteroatoms. The van der Waals surface area contributed by atoms with E-state index in [9.17, 15) is 4.79 Å². The van der Waals surface area contributed by atoms with Gasteiger partial charge in [-0.05, 0) is 53.0 Å². The SMILES string of the molecule is O=C(C1CCCC1)N(c1ccccc1)c1ncccc1Br. The van der Waals surface area contributed by atoms with Crippen LogP contribution in [-0.4, -0.2) is 10.9 Å². The predicted octanol–water partition coefficient (Wildman–Crippen LogP) is 4.70. The van der Waals surface area contributed by atoms with E-state index in [1.807, 2.05) is 42.5 Å². The van der Waals surface area contributed by atoms with Crippen LogP contribution in [0.3, 0.4) is 0 Å². The van der Waals surface area contributed by atoms with Crippen molar-refractivity contribution in [1.29, 1.82) is 0 Å². The molecule has 0 bridgehead atoms. The Labute approximate surface area is 133 Å². The van der Waals surface area contributed by atoms with E-state index < -0.39 is 0 Å². The van der Waals surface area contributed by atoms with Gasteiger partial charge in [0.05, 0.1) is 10.2 Å². The van der Waals surface area contributed by atoms with E-state index in [0.717, 1.165) is 35.8 Å². The molecular weight excluding hydrogens is 328 g/mol. The molecule has 0 N–H and O–H groups in total. The lowest BCUT2D eigenvalue weighted by atomic mass is 10.1. The molecule has 3 nitrogen and oxygen atoms in total. The van der Waals surface area contributed by atoms with Gasteiger partial charge in [0.1, 0.15) is 0 Å². The van der Waals surface area contributed by atoms with Gasteiger partial charge in [0.2, 0.25) is 5.91 Å². The summed E-state index contributed by atoms with van der Waals surface area (Å²) in [5.74, 6) is 0.929. The molecule has 1 fully saturated rings. The monoisotopic (exact) mass is 344 g/mol. The van der Waals surface area contributed by atoms with Crippen molar-refractivity contribution < 1.29 is 4.79 Å². The van der Waals surface area contributed by atoms with Crippen molar-refractivity contribution in [3.63, 3.8) is 0 Å². The average Bonchev–Trinajstić information content (AvgIpc) is 3.05. The van der Waals surface area contributed by atoms with Crippen molar-refractivity contribution in [1.82, 2.24) is 4.98 Å². The zero-order valence-corrected chi connectivity index (χ0v) is 13.3. The average molecular weight is 345 g/mol. The molecule has 3 rings (SSSR count). The van der Waals surface area contributed by atoms with Crippen LogP contribution >= 0.6 is 15.9 Å². The van der Waals surface area contributed by atoms with Gasteiger partial charge in [-0.3, -0.25) is 9.69 Å². The second-order valence-electron chi connectivity index (χ2n) is 5.30. The third-order valence-electron chi connectivity index (χ3n) is 3.89. The molecule has 108 valence electrons. The molecule has 1 aromatic carbocycles. The molecule has 1 aliphatic rings. The number of halogens is 1. The first kappa shape index (κ1) is 14.3. The molecule has 0 radical (unpaired) electrons. The lowest BCUT2D eigenvalue weighted by Gasteiger charge is -2.25.